The molecule has 0 bridgehead atoms. The van der Waals surface area contributed by atoms with Crippen molar-refractivity contribution in [3.05, 3.63) is 39.0 Å². The van der Waals surface area contributed by atoms with Gasteiger partial charge in [-0.25, -0.2) is 19.6 Å². The van der Waals surface area contributed by atoms with Gasteiger partial charge in [0.2, 0.25) is 0 Å². The summed E-state index contributed by atoms with van der Waals surface area (Å²) >= 11 is 6.64. The summed E-state index contributed by atoms with van der Waals surface area (Å²) < 4.78 is 12.4. The number of amides is 3. The zero-order valence-corrected chi connectivity index (χ0v) is 24.6. The van der Waals surface area contributed by atoms with Gasteiger partial charge in [-0.15, -0.1) is 0 Å². The van der Waals surface area contributed by atoms with E-state index in [-0.39, 0.29) is 28.3 Å². The van der Waals surface area contributed by atoms with Gasteiger partial charge < -0.3 is 20.1 Å². The largest absolute Gasteiger partial charge is 0.443 e. The van der Waals surface area contributed by atoms with Gasteiger partial charge in [-0.3, -0.25) is 14.2 Å². The maximum absolute atomic E-state index is 13.8. The third-order valence-electron chi connectivity index (χ3n) is 6.45. The number of imide groups is 1. The fourth-order valence-corrected chi connectivity index (χ4v) is 5.16. The predicted molar refractivity (Wildman–Crippen MR) is 149 cm³/mol. The van der Waals surface area contributed by atoms with Crippen molar-refractivity contribution in [3.8, 4) is 0 Å². The van der Waals surface area contributed by atoms with Gasteiger partial charge >= 0.3 is 12.2 Å². The number of hydrogen-bond donors (Lipinski definition) is 2. The highest BCUT2D eigenvalue weighted by molar-refractivity contribution is 6.36. The van der Waals surface area contributed by atoms with Crippen LogP contribution in [-0.2, 0) is 15.1 Å². The van der Waals surface area contributed by atoms with Crippen LogP contribution in [0.3, 0.4) is 0 Å². The van der Waals surface area contributed by atoms with E-state index in [0.717, 1.165) is 25.6 Å². The Balaban J connectivity index is 1.77. The summed E-state index contributed by atoms with van der Waals surface area (Å²) in [6.07, 6.45) is 3.09. The van der Waals surface area contributed by atoms with Gasteiger partial charge in [-0.05, 0) is 85.8 Å². The lowest BCUT2D eigenvalue weighted by Crippen LogP contribution is -2.48. The fraction of sp³-hybridized carbons (Fsp3) is 0.556. The summed E-state index contributed by atoms with van der Waals surface area (Å²) in [4.78, 5) is 61.6. The topological polar surface area (TPSA) is 145 Å². The van der Waals surface area contributed by atoms with Gasteiger partial charge in [0.1, 0.15) is 39.6 Å². The SMILES string of the molecule is Cc1cc(Nc2ncnc(N(C(=O)OC(C)(C)C)C(=O)OC(C)(C)C)c2Cl)c(=O)n2c1C(=O)NC21CCCCC1. The van der Waals surface area contributed by atoms with Crippen molar-refractivity contribution in [1.82, 2.24) is 19.9 Å². The highest BCUT2D eigenvalue weighted by Crippen LogP contribution is 2.38. The van der Waals surface area contributed by atoms with Crippen LogP contribution < -0.4 is 21.1 Å². The first kappa shape index (κ1) is 29.3. The number of halogens is 1. The van der Waals surface area contributed by atoms with E-state index < -0.39 is 34.6 Å². The highest BCUT2D eigenvalue weighted by atomic mass is 35.5. The lowest BCUT2D eigenvalue weighted by atomic mass is 9.89. The lowest BCUT2D eigenvalue weighted by Gasteiger charge is -2.35. The van der Waals surface area contributed by atoms with Crippen molar-refractivity contribution in [2.75, 3.05) is 10.2 Å². The van der Waals surface area contributed by atoms with E-state index in [0.29, 0.717) is 29.0 Å². The normalized spacial score (nSPS) is 16.2. The molecule has 2 aliphatic rings. The number of pyridine rings is 1. The van der Waals surface area contributed by atoms with Crippen molar-refractivity contribution in [1.29, 1.82) is 0 Å². The van der Waals surface area contributed by atoms with E-state index in [1.165, 1.54) is 4.57 Å². The molecule has 2 N–H and O–H groups in total. The molecular weight excluding hydrogens is 540 g/mol. The molecule has 2 aromatic heterocycles. The zero-order chi connectivity index (χ0) is 29.6. The van der Waals surface area contributed by atoms with Crippen LogP contribution in [0.4, 0.5) is 26.9 Å². The number of aromatic nitrogens is 3. The van der Waals surface area contributed by atoms with Crippen LogP contribution in [0.2, 0.25) is 5.02 Å². The summed E-state index contributed by atoms with van der Waals surface area (Å²) in [5.74, 6) is -0.604. The van der Waals surface area contributed by atoms with Crippen LogP contribution in [0.25, 0.3) is 0 Å². The van der Waals surface area contributed by atoms with Crippen LogP contribution in [0, 0.1) is 6.92 Å². The maximum Gasteiger partial charge on any atom is 0.425 e. The third-order valence-corrected chi connectivity index (χ3v) is 6.80. The summed E-state index contributed by atoms with van der Waals surface area (Å²) in [5.41, 5.74) is -2.03. The molecule has 0 unspecified atom stereocenters. The second-order valence-electron chi connectivity index (χ2n) is 12.1. The Kier molecular flexibility index (Phi) is 7.61. The highest BCUT2D eigenvalue weighted by Gasteiger charge is 2.45. The molecule has 40 heavy (non-hydrogen) atoms. The second-order valence-corrected chi connectivity index (χ2v) is 12.4. The van der Waals surface area contributed by atoms with Crippen LogP contribution in [0.1, 0.15) is 89.7 Å². The first-order chi connectivity index (χ1) is 18.5. The number of rotatable bonds is 3. The number of aryl methyl sites for hydroxylation is 1. The molecule has 0 aromatic carbocycles. The molecule has 0 atom stereocenters. The van der Waals surface area contributed by atoms with Crippen molar-refractivity contribution in [3.63, 3.8) is 0 Å². The Bertz CT molecular complexity index is 1390. The molecule has 12 nitrogen and oxygen atoms in total. The van der Waals surface area contributed by atoms with Crippen LogP contribution >= 0.6 is 11.6 Å². The van der Waals surface area contributed by atoms with E-state index in [1.807, 2.05) is 0 Å². The van der Waals surface area contributed by atoms with Crippen molar-refractivity contribution >= 4 is 47.0 Å². The number of anilines is 3. The third kappa shape index (κ3) is 5.77. The standard InChI is InChI=1S/C27H35ClN6O6/c1-15-13-16(22(36)34-18(15)21(35)32-27(34)11-9-8-10-12-27)31-19-17(28)20(30-14-29-19)33(23(37)39-25(2,3)4)24(38)40-26(5,6)7/h13-14H,8-12H2,1-7H3,(H,32,35)(H,29,30,31). The van der Waals surface area contributed by atoms with Crippen molar-refractivity contribution in [2.45, 2.75) is 97.4 Å². The monoisotopic (exact) mass is 574 g/mol. The van der Waals surface area contributed by atoms with E-state index in [2.05, 4.69) is 20.6 Å². The Morgan fingerprint density at radius 1 is 1.02 bits per heavy atom. The summed E-state index contributed by atoms with van der Waals surface area (Å²) in [5, 5.41) is 5.75. The van der Waals surface area contributed by atoms with E-state index in [1.54, 1.807) is 54.5 Å². The van der Waals surface area contributed by atoms with Gasteiger partial charge in [0.15, 0.2) is 11.6 Å². The molecular formula is C27H35ClN6O6. The summed E-state index contributed by atoms with van der Waals surface area (Å²) in [7, 11) is 0. The van der Waals surface area contributed by atoms with Crippen molar-refractivity contribution < 1.29 is 23.9 Å². The number of hydrogen-bond acceptors (Lipinski definition) is 9. The second kappa shape index (κ2) is 10.4. The Morgan fingerprint density at radius 2 is 1.60 bits per heavy atom. The average Bonchev–Trinajstić information content (AvgIpc) is 3.09. The van der Waals surface area contributed by atoms with Crippen molar-refractivity contribution in [2.24, 2.45) is 0 Å². The minimum Gasteiger partial charge on any atom is -0.443 e. The number of carbonyl (C=O) groups is 3. The van der Waals surface area contributed by atoms with Crippen LogP contribution in [-0.4, -0.2) is 43.8 Å². The predicted octanol–water partition coefficient (Wildman–Crippen LogP) is 5.38. The molecule has 1 fully saturated rings. The molecule has 1 aliphatic heterocycles. The maximum atomic E-state index is 13.8. The number of nitrogens with zero attached hydrogens (tertiary/aromatic N) is 4. The smallest absolute Gasteiger partial charge is 0.425 e. The molecule has 0 radical (unpaired) electrons. The molecule has 1 saturated carbocycles. The van der Waals surface area contributed by atoms with E-state index >= 15 is 0 Å². The number of carbonyl (C=O) groups excluding carboxylic acids is 3. The van der Waals surface area contributed by atoms with E-state index in [4.69, 9.17) is 21.1 Å². The molecule has 4 rings (SSSR count). The number of ether oxygens (including phenoxy) is 2. The Hall–Kier alpha value is -3.67. The molecule has 13 heteroatoms. The number of fused-ring (bicyclic) bond motifs is 2. The fourth-order valence-electron chi connectivity index (χ4n) is 4.93. The van der Waals surface area contributed by atoms with Gasteiger partial charge in [0.05, 0.1) is 0 Å². The Labute approximate surface area is 237 Å². The average molecular weight is 575 g/mol. The Morgan fingerprint density at radius 3 is 2.15 bits per heavy atom. The number of nitrogens with one attached hydrogen (secondary N) is 2. The first-order valence-electron chi connectivity index (χ1n) is 13.2. The molecule has 2 aromatic rings. The quantitative estimate of drug-likeness (QED) is 0.493. The van der Waals surface area contributed by atoms with Gasteiger partial charge in [-0.2, -0.15) is 4.90 Å². The lowest BCUT2D eigenvalue weighted by molar-refractivity contribution is 0.0428. The molecule has 1 aliphatic carbocycles. The molecule has 1 spiro atoms. The van der Waals surface area contributed by atoms with Gasteiger partial charge in [0.25, 0.3) is 11.5 Å². The summed E-state index contributed by atoms with van der Waals surface area (Å²) in [6.45, 7) is 11.6. The molecule has 3 heterocycles. The molecule has 0 saturated heterocycles. The first-order valence-corrected chi connectivity index (χ1v) is 13.5. The van der Waals surface area contributed by atoms with Gasteiger partial charge in [0, 0.05) is 0 Å². The molecule has 3 amide bonds. The zero-order valence-electron chi connectivity index (χ0n) is 23.8. The minimum atomic E-state index is -1.05. The van der Waals surface area contributed by atoms with Crippen LogP contribution in [0.5, 0.6) is 0 Å². The van der Waals surface area contributed by atoms with E-state index in [9.17, 15) is 19.2 Å². The molecule has 216 valence electrons. The summed E-state index contributed by atoms with van der Waals surface area (Å²) in [6, 6.07) is 1.55. The van der Waals surface area contributed by atoms with Crippen LogP contribution in [0.15, 0.2) is 17.2 Å². The minimum absolute atomic E-state index is 0.0317. The van der Waals surface area contributed by atoms with Gasteiger partial charge in [-0.1, -0.05) is 18.0 Å².